The Morgan fingerprint density at radius 2 is 1.71 bits per heavy atom. The molecule has 0 fully saturated rings. The molecule has 2 heterocycles. The highest BCUT2D eigenvalue weighted by Crippen LogP contribution is 2.33. The third-order valence-corrected chi connectivity index (χ3v) is 8.22. The lowest BCUT2D eigenvalue weighted by atomic mass is 9.92. The van der Waals surface area contributed by atoms with Gasteiger partial charge in [-0.05, 0) is 59.7 Å². The molecular weight excluding hydrogens is 544 g/mol. The second-order valence-corrected chi connectivity index (χ2v) is 11.6. The minimum absolute atomic E-state index is 0.182. The van der Waals surface area contributed by atoms with Crippen molar-refractivity contribution in [2.45, 2.75) is 59.1 Å². The molecule has 0 N–H and O–H groups in total. The zero-order valence-electron chi connectivity index (χ0n) is 24.5. The average Bonchev–Trinajstić information content (AvgIpc) is 3.31. The zero-order chi connectivity index (χ0) is 29.6. The summed E-state index contributed by atoms with van der Waals surface area (Å²) in [6, 6.07) is 25.3. The monoisotopic (exact) mass is 580 g/mol. The highest BCUT2D eigenvalue weighted by atomic mass is 32.1. The van der Waals surface area contributed by atoms with Gasteiger partial charge in [-0.3, -0.25) is 9.36 Å². The van der Waals surface area contributed by atoms with E-state index in [1.54, 1.807) is 11.5 Å². The number of benzene rings is 3. The van der Waals surface area contributed by atoms with Crippen LogP contribution in [0.15, 0.2) is 99.9 Å². The van der Waals surface area contributed by atoms with Crippen molar-refractivity contribution in [2.24, 2.45) is 4.99 Å². The number of nitrogens with zero attached hydrogens (tertiary/aromatic N) is 2. The molecule has 0 amide bonds. The number of hydrogen-bond donors (Lipinski definition) is 0. The van der Waals surface area contributed by atoms with Gasteiger partial charge in [-0.25, -0.2) is 9.79 Å². The topological polar surface area (TPSA) is 69.9 Å². The largest absolute Gasteiger partial charge is 0.489 e. The van der Waals surface area contributed by atoms with E-state index in [0.29, 0.717) is 39.5 Å². The molecular formula is C35H36N2O4S. The molecule has 0 bridgehead atoms. The summed E-state index contributed by atoms with van der Waals surface area (Å²) in [6.45, 7) is 8.86. The van der Waals surface area contributed by atoms with Gasteiger partial charge in [0.1, 0.15) is 12.4 Å². The Morgan fingerprint density at radius 3 is 2.36 bits per heavy atom. The first-order valence-corrected chi connectivity index (χ1v) is 15.3. The number of fused-ring (bicyclic) bond motifs is 1. The minimum atomic E-state index is -0.612. The number of hydrogen-bond acceptors (Lipinski definition) is 6. The molecule has 216 valence electrons. The van der Waals surface area contributed by atoms with E-state index in [-0.39, 0.29) is 12.2 Å². The van der Waals surface area contributed by atoms with Crippen molar-refractivity contribution in [3.63, 3.8) is 0 Å². The first-order valence-electron chi connectivity index (χ1n) is 14.5. The van der Waals surface area contributed by atoms with Gasteiger partial charge in [-0.1, -0.05) is 105 Å². The summed E-state index contributed by atoms with van der Waals surface area (Å²) in [4.78, 5) is 32.8. The van der Waals surface area contributed by atoms with Crippen molar-refractivity contribution in [1.82, 2.24) is 4.57 Å². The molecule has 1 aromatic heterocycles. The van der Waals surface area contributed by atoms with E-state index < -0.39 is 12.0 Å². The molecule has 1 atom stereocenters. The van der Waals surface area contributed by atoms with Crippen LogP contribution in [0.3, 0.4) is 0 Å². The normalized spacial score (nSPS) is 15.0. The molecule has 1 aliphatic rings. The van der Waals surface area contributed by atoms with E-state index in [1.807, 2.05) is 72.8 Å². The molecule has 42 heavy (non-hydrogen) atoms. The van der Waals surface area contributed by atoms with E-state index in [1.165, 1.54) is 16.9 Å². The highest BCUT2D eigenvalue weighted by Gasteiger charge is 2.34. The fraction of sp³-hybridized carbons (Fsp3) is 0.286. The maximum Gasteiger partial charge on any atom is 0.338 e. The van der Waals surface area contributed by atoms with Gasteiger partial charge in [-0.15, -0.1) is 0 Å². The van der Waals surface area contributed by atoms with Crippen molar-refractivity contribution in [2.75, 3.05) is 6.61 Å². The van der Waals surface area contributed by atoms with Gasteiger partial charge in [0, 0.05) is 0 Å². The lowest BCUT2D eigenvalue weighted by molar-refractivity contribution is -0.139. The number of allylic oxidation sites excluding steroid dienone is 1. The Morgan fingerprint density at radius 1 is 1.00 bits per heavy atom. The predicted molar refractivity (Wildman–Crippen MR) is 167 cm³/mol. The van der Waals surface area contributed by atoms with Crippen molar-refractivity contribution >= 4 is 23.4 Å². The van der Waals surface area contributed by atoms with Crippen LogP contribution in [0.1, 0.15) is 74.8 Å². The summed E-state index contributed by atoms with van der Waals surface area (Å²) in [6.07, 6.45) is 3.30. The molecule has 3 aromatic carbocycles. The van der Waals surface area contributed by atoms with Gasteiger partial charge < -0.3 is 9.47 Å². The number of thiazole rings is 1. The van der Waals surface area contributed by atoms with Gasteiger partial charge in [0.05, 0.1) is 28.5 Å². The third kappa shape index (κ3) is 6.31. The van der Waals surface area contributed by atoms with Crippen LogP contribution in [0, 0.1) is 0 Å². The van der Waals surface area contributed by atoms with Crippen LogP contribution in [-0.2, 0) is 16.1 Å². The first-order chi connectivity index (χ1) is 20.4. The maximum absolute atomic E-state index is 14.0. The maximum atomic E-state index is 14.0. The molecule has 6 nitrogen and oxygen atoms in total. The SMILES string of the molecule is CCCC1=C(C(=O)OCC)[C@@H](c2ccc(C(C)C)cc2)n2c(s/c(=C\c3ccc(OCc4ccccc4)cc3)c2=O)=N1. The van der Waals surface area contributed by atoms with E-state index in [4.69, 9.17) is 14.5 Å². The van der Waals surface area contributed by atoms with Crippen molar-refractivity contribution < 1.29 is 14.3 Å². The number of esters is 1. The molecule has 0 aliphatic carbocycles. The predicted octanol–water partition coefficient (Wildman–Crippen LogP) is 6.28. The number of carbonyl (C=O) groups excluding carboxylic acids is 1. The first kappa shape index (κ1) is 29.3. The van der Waals surface area contributed by atoms with Crippen molar-refractivity contribution in [1.29, 1.82) is 0 Å². The fourth-order valence-corrected chi connectivity index (χ4v) is 6.07. The van der Waals surface area contributed by atoms with Crippen molar-refractivity contribution in [3.8, 4) is 5.75 Å². The molecule has 0 spiro atoms. The standard InChI is InChI=1S/C35H36N2O4S/c1-5-10-29-31(34(39)40-6-2)32(27-17-15-26(16-18-27)23(3)4)37-33(38)30(42-35(37)36-29)21-24-13-19-28(20-14-24)41-22-25-11-8-7-9-12-25/h7-9,11-21,23,32H,5-6,10,22H2,1-4H3/b30-21-/t32-/m1/s1. The Labute approximate surface area is 250 Å². The van der Waals surface area contributed by atoms with E-state index >= 15 is 0 Å². The van der Waals surface area contributed by atoms with Crippen LogP contribution in [0.5, 0.6) is 5.75 Å². The number of aromatic nitrogens is 1. The lowest BCUT2D eigenvalue weighted by Crippen LogP contribution is -2.40. The summed E-state index contributed by atoms with van der Waals surface area (Å²) in [5, 5.41) is 0. The van der Waals surface area contributed by atoms with Gasteiger partial charge >= 0.3 is 5.97 Å². The summed E-state index contributed by atoms with van der Waals surface area (Å²) >= 11 is 1.34. The molecule has 0 unspecified atom stereocenters. The zero-order valence-corrected chi connectivity index (χ0v) is 25.3. The summed E-state index contributed by atoms with van der Waals surface area (Å²) in [5.41, 5.74) is 4.97. The van der Waals surface area contributed by atoms with Crippen LogP contribution in [0.2, 0.25) is 0 Å². The van der Waals surface area contributed by atoms with Gasteiger partial charge in [-0.2, -0.15) is 0 Å². The Balaban J connectivity index is 1.55. The Kier molecular flexibility index (Phi) is 9.18. The summed E-state index contributed by atoms with van der Waals surface area (Å²) in [7, 11) is 0. The second-order valence-electron chi connectivity index (χ2n) is 10.6. The third-order valence-electron chi connectivity index (χ3n) is 7.24. The van der Waals surface area contributed by atoms with Crippen molar-refractivity contribution in [3.05, 3.63) is 132 Å². The van der Waals surface area contributed by atoms with Crippen LogP contribution >= 0.6 is 11.3 Å². The molecule has 0 saturated carbocycles. The van der Waals surface area contributed by atoms with E-state index in [9.17, 15) is 9.59 Å². The summed E-state index contributed by atoms with van der Waals surface area (Å²) in [5.74, 6) is 0.695. The average molecular weight is 581 g/mol. The van der Waals surface area contributed by atoms with Gasteiger partial charge in [0.15, 0.2) is 4.80 Å². The summed E-state index contributed by atoms with van der Waals surface area (Å²) < 4.78 is 13.6. The molecule has 5 rings (SSSR count). The fourth-order valence-electron chi connectivity index (χ4n) is 5.05. The van der Waals surface area contributed by atoms with E-state index in [0.717, 1.165) is 28.9 Å². The molecule has 1 aliphatic heterocycles. The van der Waals surface area contributed by atoms with Crippen LogP contribution in [0.4, 0.5) is 0 Å². The number of rotatable bonds is 10. The quantitative estimate of drug-likeness (QED) is 0.207. The highest BCUT2D eigenvalue weighted by molar-refractivity contribution is 7.07. The Hall–Kier alpha value is -4.23. The van der Waals surface area contributed by atoms with Crippen LogP contribution < -0.4 is 19.6 Å². The van der Waals surface area contributed by atoms with Crippen LogP contribution in [-0.4, -0.2) is 17.1 Å². The second kappa shape index (κ2) is 13.2. The lowest BCUT2D eigenvalue weighted by Gasteiger charge is -2.26. The molecule has 0 saturated heterocycles. The molecule has 4 aromatic rings. The minimum Gasteiger partial charge on any atom is -0.489 e. The number of carbonyl (C=O) groups is 1. The smallest absolute Gasteiger partial charge is 0.338 e. The van der Waals surface area contributed by atoms with Gasteiger partial charge in [0.25, 0.3) is 5.56 Å². The van der Waals surface area contributed by atoms with E-state index in [2.05, 4.69) is 32.9 Å². The molecule has 7 heteroatoms. The van der Waals surface area contributed by atoms with Gasteiger partial charge in [0.2, 0.25) is 0 Å². The van der Waals surface area contributed by atoms with Crippen LogP contribution in [0.25, 0.3) is 6.08 Å². The molecule has 0 radical (unpaired) electrons. The number of ether oxygens (including phenoxy) is 2. The Bertz CT molecular complexity index is 1750.